The first-order valence-corrected chi connectivity index (χ1v) is 6.29. The molecule has 1 aromatic rings. The van der Waals surface area contributed by atoms with Gasteiger partial charge in [-0.1, -0.05) is 11.1 Å². The summed E-state index contributed by atoms with van der Waals surface area (Å²) >= 11 is 0. The zero-order valence-electron chi connectivity index (χ0n) is 12.6. The zero-order valence-corrected chi connectivity index (χ0v) is 12.6. The third-order valence-corrected chi connectivity index (χ3v) is 3.84. The molecule has 0 aromatic heterocycles. The Bertz CT molecular complexity index is 493. The van der Waals surface area contributed by atoms with E-state index in [1.165, 1.54) is 11.1 Å². The average Bonchev–Trinajstić information content (AvgIpc) is 2.32. The van der Waals surface area contributed by atoms with Crippen LogP contribution in [0.3, 0.4) is 0 Å². The highest BCUT2D eigenvalue weighted by Gasteiger charge is 2.17. The van der Waals surface area contributed by atoms with Gasteiger partial charge >= 0.3 is 0 Å². The second-order valence-corrected chi connectivity index (χ2v) is 5.19. The number of aromatic hydroxyl groups is 1. The topological polar surface area (TPSA) is 29.5 Å². The van der Waals surface area contributed by atoms with Gasteiger partial charge in [0.15, 0.2) is 0 Å². The van der Waals surface area contributed by atoms with E-state index < -0.39 is 0 Å². The first-order valence-electron chi connectivity index (χ1n) is 6.29. The molecule has 0 saturated carbocycles. The lowest BCUT2D eigenvalue weighted by Crippen LogP contribution is -2.01. The van der Waals surface area contributed by atoms with Crippen molar-refractivity contribution < 1.29 is 9.84 Å². The summed E-state index contributed by atoms with van der Waals surface area (Å²) in [5, 5.41) is 10.3. The smallest absolute Gasteiger partial charge is 0.125 e. The van der Waals surface area contributed by atoms with Crippen LogP contribution in [0.25, 0.3) is 0 Å². The monoisotopic (exact) mass is 248 g/mol. The van der Waals surface area contributed by atoms with Gasteiger partial charge in [-0.3, -0.25) is 0 Å². The molecule has 1 rings (SSSR count). The lowest BCUT2D eigenvalue weighted by atomic mass is 9.92. The van der Waals surface area contributed by atoms with Gasteiger partial charge in [-0.15, -0.1) is 0 Å². The SMILES string of the molecule is COc1c(C)c(C)c(O)c(CC(C)=C(C)C)c1C. The molecule has 0 aliphatic rings. The molecule has 0 aliphatic carbocycles. The van der Waals surface area contributed by atoms with Crippen molar-refractivity contribution in [2.45, 2.75) is 48.0 Å². The predicted molar refractivity (Wildman–Crippen MR) is 76.6 cm³/mol. The maximum Gasteiger partial charge on any atom is 0.125 e. The normalized spacial score (nSPS) is 10.4. The van der Waals surface area contributed by atoms with E-state index in [9.17, 15) is 5.11 Å². The van der Waals surface area contributed by atoms with Crippen LogP contribution in [0.5, 0.6) is 11.5 Å². The lowest BCUT2D eigenvalue weighted by Gasteiger charge is -2.18. The third-order valence-electron chi connectivity index (χ3n) is 3.84. The van der Waals surface area contributed by atoms with Crippen molar-refractivity contribution in [2.75, 3.05) is 7.11 Å². The van der Waals surface area contributed by atoms with Crippen LogP contribution in [0.2, 0.25) is 0 Å². The molecule has 1 N–H and O–H groups in total. The van der Waals surface area contributed by atoms with Crippen LogP contribution in [0, 0.1) is 20.8 Å². The highest BCUT2D eigenvalue weighted by atomic mass is 16.5. The molecule has 0 unspecified atom stereocenters. The minimum absolute atomic E-state index is 0.409. The molecule has 0 aliphatic heterocycles. The number of phenolic OH excluding ortho intramolecular Hbond substituents is 1. The molecular weight excluding hydrogens is 224 g/mol. The van der Waals surface area contributed by atoms with Crippen molar-refractivity contribution in [3.8, 4) is 11.5 Å². The van der Waals surface area contributed by atoms with E-state index in [4.69, 9.17) is 4.74 Å². The van der Waals surface area contributed by atoms with Crippen LogP contribution >= 0.6 is 0 Å². The number of hydrogen-bond donors (Lipinski definition) is 1. The summed E-state index contributed by atoms with van der Waals surface area (Å²) in [6.07, 6.45) is 0.775. The largest absolute Gasteiger partial charge is 0.507 e. The molecule has 100 valence electrons. The van der Waals surface area contributed by atoms with Gasteiger partial charge in [-0.05, 0) is 64.7 Å². The van der Waals surface area contributed by atoms with Crippen molar-refractivity contribution in [1.29, 1.82) is 0 Å². The molecule has 0 spiro atoms. The molecule has 0 radical (unpaired) electrons. The fraction of sp³-hybridized carbons (Fsp3) is 0.500. The number of hydrogen-bond acceptors (Lipinski definition) is 2. The summed E-state index contributed by atoms with van der Waals surface area (Å²) in [4.78, 5) is 0. The molecule has 0 atom stereocenters. The van der Waals surface area contributed by atoms with Gasteiger partial charge in [0.2, 0.25) is 0 Å². The molecule has 0 fully saturated rings. The van der Waals surface area contributed by atoms with Crippen LogP contribution in [0.1, 0.15) is 43.0 Å². The number of benzene rings is 1. The van der Waals surface area contributed by atoms with Crippen molar-refractivity contribution in [2.24, 2.45) is 0 Å². The third kappa shape index (κ3) is 2.53. The van der Waals surface area contributed by atoms with Crippen molar-refractivity contribution in [3.63, 3.8) is 0 Å². The van der Waals surface area contributed by atoms with E-state index in [0.29, 0.717) is 5.75 Å². The van der Waals surface area contributed by atoms with Gasteiger partial charge in [0, 0.05) is 5.56 Å². The van der Waals surface area contributed by atoms with Gasteiger partial charge in [0.05, 0.1) is 7.11 Å². The lowest BCUT2D eigenvalue weighted by molar-refractivity contribution is 0.403. The second-order valence-electron chi connectivity index (χ2n) is 5.19. The zero-order chi connectivity index (χ0) is 14.0. The maximum atomic E-state index is 10.3. The second kappa shape index (κ2) is 5.47. The number of allylic oxidation sites excluding steroid dienone is 2. The van der Waals surface area contributed by atoms with Gasteiger partial charge in [0.25, 0.3) is 0 Å². The standard InChI is InChI=1S/C16H24O2/c1-9(2)10(3)8-14-13(6)16(18-7)12(5)11(4)15(14)17/h17H,8H2,1-7H3. The van der Waals surface area contributed by atoms with Crippen LogP contribution in [-0.4, -0.2) is 12.2 Å². The number of methoxy groups -OCH3 is 1. The van der Waals surface area contributed by atoms with E-state index in [-0.39, 0.29) is 0 Å². The van der Waals surface area contributed by atoms with Crippen molar-refractivity contribution in [3.05, 3.63) is 33.4 Å². The summed E-state index contributed by atoms with van der Waals surface area (Å²) in [5.41, 5.74) is 6.54. The Morgan fingerprint density at radius 2 is 1.56 bits per heavy atom. The number of phenols is 1. The van der Waals surface area contributed by atoms with Gasteiger partial charge < -0.3 is 9.84 Å². The molecule has 18 heavy (non-hydrogen) atoms. The Balaban J connectivity index is 3.45. The van der Waals surface area contributed by atoms with Gasteiger partial charge in [0.1, 0.15) is 11.5 Å². The van der Waals surface area contributed by atoms with Crippen molar-refractivity contribution >= 4 is 0 Å². The molecule has 0 bridgehead atoms. The van der Waals surface area contributed by atoms with E-state index in [0.717, 1.165) is 34.4 Å². The first-order chi connectivity index (χ1) is 8.31. The van der Waals surface area contributed by atoms with Crippen molar-refractivity contribution in [1.82, 2.24) is 0 Å². The molecular formula is C16H24O2. The summed E-state index contributed by atoms with van der Waals surface area (Å²) in [5.74, 6) is 1.30. The van der Waals surface area contributed by atoms with Crippen LogP contribution in [-0.2, 0) is 6.42 Å². The molecule has 0 amide bonds. The molecule has 0 heterocycles. The molecule has 0 saturated heterocycles. The van der Waals surface area contributed by atoms with E-state index >= 15 is 0 Å². The first kappa shape index (κ1) is 14.6. The number of ether oxygens (including phenoxy) is 1. The highest BCUT2D eigenvalue weighted by molar-refractivity contribution is 5.58. The van der Waals surface area contributed by atoms with E-state index in [1.807, 2.05) is 20.8 Å². The van der Waals surface area contributed by atoms with Gasteiger partial charge in [-0.25, -0.2) is 0 Å². The fourth-order valence-corrected chi connectivity index (χ4v) is 2.13. The minimum atomic E-state index is 0.409. The predicted octanol–water partition coefficient (Wildman–Crippen LogP) is 4.22. The summed E-state index contributed by atoms with van der Waals surface area (Å²) < 4.78 is 5.47. The molecule has 1 aromatic carbocycles. The van der Waals surface area contributed by atoms with Gasteiger partial charge in [-0.2, -0.15) is 0 Å². The Morgan fingerprint density at radius 3 is 2.00 bits per heavy atom. The van der Waals surface area contributed by atoms with E-state index in [2.05, 4.69) is 20.8 Å². The maximum absolute atomic E-state index is 10.3. The summed E-state index contributed by atoms with van der Waals surface area (Å²) in [7, 11) is 1.68. The number of rotatable bonds is 3. The minimum Gasteiger partial charge on any atom is -0.507 e. The average molecular weight is 248 g/mol. The highest BCUT2D eigenvalue weighted by Crippen LogP contribution is 2.38. The Labute approximate surface area is 110 Å². The van der Waals surface area contributed by atoms with Crippen LogP contribution < -0.4 is 4.74 Å². The summed E-state index contributed by atoms with van der Waals surface area (Å²) in [6.45, 7) is 12.2. The van der Waals surface area contributed by atoms with E-state index in [1.54, 1.807) is 7.11 Å². The fourth-order valence-electron chi connectivity index (χ4n) is 2.13. The Hall–Kier alpha value is -1.44. The van der Waals surface area contributed by atoms with Crippen LogP contribution in [0.15, 0.2) is 11.1 Å². The molecule has 2 heteroatoms. The molecule has 2 nitrogen and oxygen atoms in total. The Kier molecular flexibility index (Phi) is 4.44. The Morgan fingerprint density at radius 1 is 1.00 bits per heavy atom. The van der Waals surface area contributed by atoms with Crippen LogP contribution in [0.4, 0.5) is 0 Å². The summed E-state index contributed by atoms with van der Waals surface area (Å²) in [6, 6.07) is 0. The quantitative estimate of drug-likeness (QED) is 0.811.